The number of ether oxygens (including phenoxy) is 3. The highest BCUT2D eigenvalue weighted by atomic mass is 32.2. The van der Waals surface area contributed by atoms with Crippen molar-refractivity contribution < 1.29 is 27.4 Å². The maximum atomic E-state index is 13.0. The minimum absolute atomic E-state index is 0.120. The summed E-state index contributed by atoms with van der Waals surface area (Å²) in [5, 5.41) is 0. The lowest BCUT2D eigenvalue weighted by Gasteiger charge is -2.30. The molecule has 1 fully saturated rings. The number of rotatable bonds is 5. The molecule has 2 aliphatic rings. The Balaban J connectivity index is 1.35. The number of sulfonamides is 1. The second-order valence-electron chi connectivity index (χ2n) is 6.91. The fourth-order valence-electron chi connectivity index (χ4n) is 3.41. The van der Waals surface area contributed by atoms with E-state index in [1.807, 2.05) is 6.07 Å². The highest BCUT2D eigenvalue weighted by molar-refractivity contribution is 7.89. The molecule has 0 saturated carbocycles. The van der Waals surface area contributed by atoms with E-state index in [1.54, 1.807) is 24.4 Å². The molecule has 0 spiro atoms. The first kappa shape index (κ1) is 19.7. The van der Waals surface area contributed by atoms with Gasteiger partial charge in [-0.15, -0.1) is 0 Å². The number of aromatic nitrogens is 1. The number of fused-ring (bicyclic) bond motifs is 1. The summed E-state index contributed by atoms with van der Waals surface area (Å²) in [6.07, 6.45) is 2.49. The van der Waals surface area contributed by atoms with Gasteiger partial charge in [-0.2, -0.15) is 4.31 Å². The third kappa shape index (κ3) is 4.35. The topological polar surface area (TPSA) is 95.0 Å². The van der Waals surface area contributed by atoms with E-state index in [4.69, 9.17) is 14.2 Å². The molecule has 4 rings (SSSR count). The zero-order valence-electron chi connectivity index (χ0n) is 15.8. The number of hydrogen-bond donors (Lipinski definition) is 0. The Morgan fingerprint density at radius 2 is 1.86 bits per heavy atom. The van der Waals surface area contributed by atoms with Crippen LogP contribution in [0.15, 0.2) is 47.5 Å². The first-order valence-electron chi connectivity index (χ1n) is 9.50. The average molecular weight is 418 g/mol. The number of piperidine rings is 1. The molecule has 2 aromatic rings. The minimum Gasteiger partial charge on any atom is -0.486 e. The number of benzene rings is 1. The van der Waals surface area contributed by atoms with Crippen molar-refractivity contribution in [2.75, 3.05) is 26.3 Å². The van der Waals surface area contributed by atoms with Gasteiger partial charge in [-0.25, -0.2) is 8.42 Å². The summed E-state index contributed by atoms with van der Waals surface area (Å²) in [7, 11) is -3.66. The lowest BCUT2D eigenvalue weighted by Crippen LogP contribution is -2.40. The van der Waals surface area contributed by atoms with E-state index in [-0.39, 0.29) is 36.5 Å². The van der Waals surface area contributed by atoms with Crippen LogP contribution in [0, 0.1) is 5.92 Å². The van der Waals surface area contributed by atoms with Gasteiger partial charge in [0.15, 0.2) is 11.5 Å². The molecule has 1 aromatic carbocycles. The molecule has 0 amide bonds. The summed E-state index contributed by atoms with van der Waals surface area (Å²) in [5.41, 5.74) is 0.680. The quantitative estimate of drug-likeness (QED) is 0.686. The molecular formula is C20H22N2O6S. The zero-order chi connectivity index (χ0) is 20.3. The van der Waals surface area contributed by atoms with Crippen LogP contribution in [0.25, 0.3) is 0 Å². The van der Waals surface area contributed by atoms with E-state index < -0.39 is 10.0 Å². The molecule has 29 heavy (non-hydrogen) atoms. The van der Waals surface area contributed by atoms with Gasteiger partial charge in [0.2, 0.25) is 10.0 Å². The molecule has 0 unspecified atom stereocenters. The van der Waals surface area contributed by atoms with Gasteiger partial charge in [0.1, 0.15) is 19.8 Å². The van der Waals surface area contributed by atoms with Crippen LogP contribution < -0.4 is 9.47 Å². The Hall–Kier alpha value is -2.65. The van der Waals surface area contributed by atoms with Crippen molar-refractivity contribution in [1.82, 2.24) is 9.29 Å². The predicted octanol–water partition coefficient (Wildman–Crippen LogP) is 2.00. The van der Waals surface area contributed by atoms with Gasteiger partial charge in [-0.1, -0.05) is 6.07 Å². The molecule has 0 radical (unpaired) electrons. The van der Waals surface area contributed by atoms with Gasteiger partial charge in [0.05, 0.1) is 16.5 Å². The van der Waals surface area contributed by atoms with Crippen LogP contribution in [0.3, 0.4) is 0 Å². The molecule has 1 aromatic heterocycles. The second kappa shape index (κ2) is 8.38. The van der Waals surface area contributed by atoms with Crippen molar-refractivity contribution in [3.05, 3.63) is 48.3 Å². The first-order valence-corrected chi connectivity index (χ1v) is 10.9. The van der Waals surface area contributed by atoms with Crippen molar-refractivity contribution in [2.24, 2.45) is 5.92 Å². The standard InChI is InChI=1S/C20H22N2O6S/c23-20(28-14-16-3-1-2-8-21-16)15-6-9-22(10-7-15)29(24,25)17-4-5-18-19(13-17)27-12-11-26-18/h1-5,8,13,15H,6-7,9-12,14H2. The van der Waals surface area contributed by atoms with Crippen LogP contribution in [0.2, 0.25) is 0 Å². The molecule has 0 N–H and O–H groups in total. The van der Waals surface area contributed by atoms with Crippen molar-refractivity contribution >= 4 is 16.0 Å². The number of esters is 1. The number of pyridine rings is 1. The predicted molar refractivity (Wildman–Crippen MR) is 103 cm³/mol. The highest BCUT2D eigenvalue weighted by Gasteiger charge is 2.33. The van der Waals surface area contributed by atoms with Crippen LogP contribution in [0.4, 0.5) is 0 Å². The van der Waals surface area contributed by atoms with Crippen LogP contribution in [0.5, 0.6) is 11.5 Å². The molecule has 1 saturated heterocycles. The van der Waals surface area contributed by atoms with E-state index in [9.17, 15) is 13.2 Å². The van der Waals surface area contributed by atoms with Crippen molar-refractivity contribution in [3.8, 4) is 11.5 Å². The molecule has 0 aliphatic carbocycles. The number of carbonyl (C=O) groups is 1. The van der Waals surface area contributed by atoms with E-state index in [0.29, 0.717) is 43.2 Å². The van der Waals surface area contributed by atoms with Gasteiger partial charge in [0.25, 0.3) is 0 Å². The Labute approximate surface area is 169 Å². The van der Waals surface area contributed by atoms with E-state index >= 15 is 0 Å². The summed E-state index contributed by atoms with van der Waals surface area (Å²) in [6.45, 7) is 1.49. The van der Waals surface area contributed by atoms with E-state index in [1.165, 1.54) is 16.4 Å². The Morgan fingerprint density at radius 1 is 1.10 bits per heavy atom. The fourth-order valence-corrected chi connectivity index (χ4v) is 4.90. The third-order valence-electron chi connectivity index (χ3n) is 5.03. The van der Waals surface area contributed by atoms with Gasteiger partial charge in [-0.05, 0) is 37.1 Å². The summed E-state index contributed by atoms with van der Waals surface area (Å²) >= 11 is 0. The van der Waals surface area contributed by atoms with Crippen LogP contribution in [0.1, 0.15) is 18.5 Å². The van der Waals surface area contributed by atoms with Crippen LogP contribution in [-0.2, 0) is 26.2 Å². The molecule has 8 nitrogen and oxygen atoms in total. The summed E-state index contributed by atoms with van der Waals surface area (Å²) < 4.78 is 43.6. The highest BCUT2D eigenvalue weighted by Crippen LogP contribution is 2.34. The third-order valence-corrected chi connectivity index (χ3v) is 6.92. The molecule has 0 atom stereocenters. The second-order valence-corrected chi connectivity index (χ2v) is 8.85. The number of nitrogens with zero attached hydrogens (tertiary/aromatic N) is 2. The largest absolute Gasteiger partial charge is 0.486 e. The molecule has 154 valence electrons. The van der Waals surface area contributed by atoms with Crippen LogP contribution in [-0.4, -0.2) is 50.0 Å². The zero-order valence-corrected chi connectivity index (χ0v) is 16.6. The molecule has 9 heteroatoms. The summed E-state index contributed by atoms with van der Waals surface area (Å²) in [5.74, 6) is 0.354. The molecular weight excluding hydrogens is 396 g/mol. The Kier molecular flexibility index (Phi) is 5.68. The Bertz CT molecular complexity index is 972. The SMILES string of the molecule is O=C(OCc1ccccn1)C1CCN(S(=O)(=O)c2ccc3c(c2)OCCO3)CC1. The summed E-state index contributed by atoms with van der Waals surface area (Å²) in [6, 6.07) is 10.0. The minimum atomic E-state index is -3.66. The normalized spacial score (nSPS) is 17.7. The maximum absolute atomic E-state index is 13.0. The fraction of sp³-hybridized carbons (Fsp3) is 0.400. The Morgan fingerprint density at radius 3 is 2.59 bits per heavy atom. The smallest absolute Gasteiger partial charge is 0.309 e. The average Bonchev–Trinajstić information content (AvgIpc) is 2.78. The summed E-state index contributed by atoms with van der Waals surface area (Å²) in [4.78, 5) is 16.6. The van der Waals surface area contributed by atoms with Gasteiger partial charge in [-0.3, -0.25) is 9.78 Å². The van der Waals surface area contributed by atoms with E-state index in [0.717, 1.165) is 0 Å². The molecule has 2 aliphatic heterocycles. The van der Waals surface area contributed by atoms with Gasteiger partial charge >= 0.3 is 5.97 Å². The number of hydrogen-bond acceptors (Lipinski definition) is 7. The molecule has 0 bridgehead atoms. The van der Waals surface area contributed by atoms with Crippen LogP contribution >= 0.6 is 0 Å². The van der Waals surface area contributed by atoms with Crippen molar-refractivity contribution in [3.63, 3.8) is 0 Å². The van der Waals surface area contributed by atoms with E-state index in [2.05, 4.69) is 4.98 Å². The monoisotopic (exact) mass is 418 g/mol. The maximum Gasteiger partial charge on any atom is 0.309 e. The number of carbonyl (C=O) groups excluding carboxylic acids is 1. The first-order chi connectivity index (χ1) is 14.0. The van der Waals surface area contributed by atoms with Gasteiger partial charge in [0, 0.05) is 25.4 Å². The lowest BCUT2D eigenvalue weighted by molar-refractivity contribution is -0.151. The van der Waals surface area contributed by atoms with Crippen molar-refractivity contribution in [1.29, 1.82) is 0 Å². The molecule has 3 heterocycles. The van der Waals surface area contributed by atoms with Gasteiger partial charge < -0.3 is 14.2 Å². The lowest BCUT2D eigenvalue weighted by atomic mass is 9.98. The van der Waals surface area contributed by atoms with Crippen molar-refractivity contribution in [2.45, 2.75) is 24.3 Å².